The van der Waals surface area contributed by atoms with Gasteiger partial charge in [-0.25, -0.2) is 0 Å². The summed E-state index contributed by atoms with van der Waals surface area (Å²) in [5.41, 5.74) is 2.12. The van der Waals surface area contributed by atoms with E-state index in [0.29, 0.717) is 35.1 Å². The Morgan fingerprint density at radius 3 is 1.32 bits per heavy atom. The predicted octanol–water partition coefficient (Wildman–Crippen LogP) is 2.41. The van der Waals surface area contributed by atoms with Gasteiger partial charge in [-0.15, -0.1) is 0 Å². The van der Waals surface area contributed by atoms with E-state index >= 15 is 0 Å². The van der Waals surface area contributed by atoms with Gasteiger partial charge in [0.05, 0.1) is 11.5 Å². The topological polar surface area (TPSA) is 149 Å². The van der Waals surface area contributed by atoms with Crippen molar-refractivity contribution in [3.63, 3.8) is 0 Å². The van der Waals surface area contributed by atoms with E-state index < -0.39 is 20.2 Å². The van der Waals surface area contributed by atoms with E-state index in [1.165, 1.54) is 12.1 Å². The molecular weight excluding hydrogens is 408 g/mol. The highest BCUT2D eigenvalue weighted by Gasteiger charge is 2.13. The van der Waals surface area contributed by atoms with Crippen LogP contribution in [0, 0.1) is 0 Å². The molecule has 0 saturated carbocycles. The second-order valence-electron chi connectivity index (χ2n) is 6.48. The first-order chi connectivity index (χ1) is 12.9. The fourth-order valence-corrected chi connectivity index (χ4v) is 3.84. The first-order valence-electron chi connectivity index (χ1n) is 8.49. The molecule has 2 aromatic rings. The quantitative estimate of drug-likeness (QED) is 0.443. The Labute approximate surface area is 164 Å². The van der Waals surface area contributed by atoms with E-state index in [1.54, 1.807) is 24.3 Å². The van der Waals surface area contributed by atoms with Gasteiger partial charge in [-0.05, 0) is 61.1 Å². The number of aryl methyl sites for hydroxylation is 2. The molecule has 154 valence electrons. The summed E-state index contributed by atoms with van der Waals surface area (Å²) < 4.78 is 60.9. The fraction of sp³-hybridized carbons (Fsp3) is 0.333. The molecule has 10 heteroatoms. The van der Waals surface area contributed by atoms with Crippen LogP contribution in [0.1, 0.15) is 24.0 Å². The number of aromatic hydroxyl groups is 2. The lowest BCUT2D eigenvalue weighted by Gasteiger charge is -2.12. The lowest BCUT2D eigenvalue weighted by atomic mass is 9.96. The summed E-state index contributed by atoms with van der Waals surface area (Å²) >= 11 is 0. The molecule has 0 aromatic heterocycles. The van der Waals surface area contributed by atoms with Crippen LogP contribution in [0.4, 0.5) is 0 Å². The maximum Gasteiger partial charge on any atom is 0.264 e. The van der Waals surface area contributed by atoms with E-state index in [9.17, 15) is 27.0 Å². The molecule has 0 spiro atoms. The van der Waals surface area contributed by atoms with Crippen molar-refractivity contribution in [2.24, 2.45) is 0 Å². The highest BCUT2D eigenvalue weighted by Crippen LogP contribution is 2.37. The van der Waals surface area contributed by atoms with Crippen LogP contribution < -0.4 is 0 Å². The zero-order valence-electron chi connectivity index (χ0n) is 14.9. The van der Waals surface area contributed by atoms with Crippen molar-refractivity contribution in [1.82, 2.24) is 0 Å². The molecule has 0 fully saturated rings. The van der Waals surface area contributed by atoms with Crippen LogP contribution in [0.3, 0.4) is 0 Å². The van der Waals surface area contributed by atoms with Crippen molar-refractivity contribution in [2.75, 3.05) is 11.5 Å². The van der Waals surface area contributed by atoms with Crippen molar-refractivity contribution in [2.45, 2.75) is 25.7 Å². The minimum Gasteiger partial charge on any atom is -0.507 e. The average Bonchev–Trinajstić information content (AvgIpc) is 2.56. The zero-order valence-corrected chi connectivity index (χ0v) is 16.6. The molecule has 0 aliphatic rings. The molecule has 0 aliphatic heterocycles. The summed E-state index contributed by atoms with van der Waals surface area (Å²) in [6.07, 6.45) is 1.10. The molecule has 0 amide bonds. The van der Waals surface area contributed by atoms with Crippen LogP contribution >= 0.6 is 0 Å². The molecule has 0 radical (unpaired) electrons. The molecular formula is C18H22O8S2. The molecule has 0 unspecified atom stereocenters. The molecule has 0 aliphatic carbocycles. The largest absolute Gasteiger partial charge is 0.507 e. The Balaban J connectivity index is 2.23. The van der Waals surface area contributed by atoms with Crippen LogP contribution in [0.5, 0.6) is 11.5 Å². The Kier molecular flexibility index (Phi) is 7.05. The van der Waals surface area contributed by atoms with Crippen molar-refractivity contribution >= 4 is 20.2 Å². The predicted molar refractivity (Wildman–Crippen MR) is 105 cm³/mol. The second-order valence-corrected chi connectivity index (χ2v) is 9.63. The molecule has 4 N–H and O–H groups in total. The van der Waals surface area contributed by atoms with Gasteiger partial charge in [0.1, 0.15) is 11.5 Å². The minimum atomic E-state index is -4.05. The van der Waals surface area contributed by atoms with Gasteiger partial charge in [-0.2, -0.15) is 16.8 Å². The van der Waals surface area contributed by atoms with E-state index in [2.05, 4.69) is 0 Å². The van der Waals surface area contributed by atoms with Crippen molar-refractivity contribution in [3.05, 3.63) is 47.5 Å². The van der Waals surface area contributed by atoms with Gasteiger partial charge in [-0.1, -0.05) is 12.1 Å². The third kappa shape index (κ3) is 7.12. The van der Waals surface area contributed by atoms with Gasteiger partial charge in [0, 0.05) is 11.1 Å². The first kappa shape index (κ1) is 22.2. The van der Waals surface area contributed by atoms with Crippen LogP contribution in [0.25, 0.3) is 11.1 Å². The third-order valence-electron chi connectivity index (χ3n) is 4.15. The molecule has 0 atom stereocenters. The summed E-state index contributed by atoms with van der Waals surface area (Å²) in [7, 11) is -8.09. The van der Waals surface area contributed by atoms with E-state index in [4.69, 9.17) is 9.11 Å². The van der Waals surface area contributed by atoms with Crippen LogP contribution in [0.15, 0.2) is 36.4 Å². The molecule has 2 rings (SSSR count). The number of hydrogen-bond acceptors (Lipinski definition) is 6. The second kappa shape index (κ2) is 8.91. The number of phenolic OH excluding ortho intramolecular Hbond substituents is 2. The van der Waals surface area contributed by atoms with Crippen LogP contribution in [-0.4, -0.2) is 47.7 Å². The standard InChI is InChI=1S/C18H22O8S2/c19-17-7-5-13(3-1-9-27(21,22)23)11-15(17)16-12-14(6-8-18(16)20)4-2-10-28(24,25)26/h5-8,11-12,19-20H,1-4,9-10H2,(H,21,22,23)(H,24,25,26). The molecule has 0 bridgehead atoms. The van der Waals surface area contributed by atoms with Crippen molar-refractivity contribution < 1.29 is 36.2 Å². The number of rotatable bonds is 9. The van der Waals surface area contributed by atoms with Gasteiger partial charge in [0.2, 0.25) is 0 Å². The Morgan fingerprint density at radius 2 is 1.00 bits per heavy atom. The zero-order chi connectivity index (χ0) is 20.9. The summed E-state index contributed by atoms with van der Waals surface area (Å²) in [4.78, 5) is 0. The molecule has 0 heterocycles. The maximum atomic E-state index is 10.8. The Hall–Kier alpha value is -2.14. The molecule has 0 saturated heterocycles. The molecule has 28 heavy (non-hydrogen) atoms. The van der Waals surface area contributed by atoms with Crippen molar-refractivity contribution in [3.8, 4) is 22.6 Å². The van der Waals surface area contributed by atoms with Gasteiger partial charge in [0.25, 0.3) is 20.2 Å². The lowest BCUT2D eigenvalue weighted by molar-refractivity contribution is 0.468. The number of phenols is 2. The summed E-state index contributed by atoms with van der Waals surface area (Å²) in [5, 5.41) is 20.4. The Morgan fingerprint density at radius 1 is 0.643 bits per heavy atom. The SMILES string of the molecule is O=S(=O)(O)CCCc1ccc(O)c(-c2cc(CCCS(=O)(=O)O)ccc2O)c1. The van der Waals surface area contributed by atoms with Gasteiger partial charge in [0.15, 0.2) is 0 Å². The summed E-state index contributed by atoms with van der Waals surface area (Å²) in [6.45, 7) is 0. The van der Waals surface area contributed by atoms with Gasteiger partial charge in [-0.3, -0.25) is 9.11 Å². The first-order valence-corrected chi connectivity index (χ1v) is 11.7. The average molecular weight is 431 g/mol. The fourth-order valence-electron chi connectivity index (χ4n) is 2.83. The number of hydrogen-bond donors (Lipinski definition) is 4. The summed E-state index contributed by atoms with van der Waals surface area (Å²) in [5.74, 6) is -0.914. The molecule has 2 aromatic carbocycles. The number of benzene rings is 2. The highest BCUT2D eigenvalue weighted by atomic mass is 32.2. The monoisotopic (exact) mass is 430 g/mol. The third-order valence-corrected chi connectivity index (χ3v) is 5.76. The van der Waals surface area contributed by atoms with E-state index in [-0.39, 0.29) is 35.8 Å². The Bertz CT molecular complexity index is 958. The molecule has 8 nitrogen and oxygen atoms in total. The van der Waals surface area contributed by atoms with Gasteiger partial charge >= 0.3 is 0 Å². The summed E-state index contributed by atoms with van der Waals surface area (Å²) in [6, 6.07) is 9.35. The normalized spacial score (nSPS) is 12.2. The van der Waals surface area contributed by atoms with Gasteiger partial charge < -0.3 is 10.2 Å². The van der Waals surface area contributed by atoms with Crippen LogP contribution in [-0.2, 0) is 33.1 Å². The smallest absolute Gasteiger partial charge is 0.264 e. The minimum absolute atomic E-state index is 0.0797. The van der Waals surface area contributed by atoms with Crippen LogP contribution in [0.2, 0.25) is 0 Å². The maximum absolute atomic E-state index is 10.8. The van der Waals surface area contributed by atoms with Crippen molar-refractivity contribution in [1.29, 1.82) is 0 Å². The van der Waals surface area contributed by atoms with E-state index in [0.717, 1.165) is 0 Å². The van der Waals surface area contributed by atoms with E-state index in [1.807, 2.05) is 0 Å². The highest BCUT2D eigenvalue weighted by molar-refractivity contribution is 7.86. The lowest BCUT2D eigenvalue weighted by Crippen LogP contribution is -2.05.